The Morgan fingerprint density at radius 2 is 1.82 bits per heavy atom. The third-order valence-corrected chi connectivity index (χ3v) is 2.99. The van der Waals surface area contributed by atoms with Crippen LogP contribution in [0, 0.1) is 13.8 Å². The number of rotatable bonds is 5. The molecule has 2 unspecified atom stereocenters. The summed E-state index contributed by atoms with van der Waals surface area (Å²) in [5, 5.41) is 2.97. The van der Waals surface area contributed by atoms with Crippen LogP contribution in [0.5, 0.6) is 0 Å². The molecule has 0 fully saturated rings. The Morgan fingerprint density at radius 3 is 2.29 bits per heavy atom. The fourth-order valence-corrected chi connectivity index (χ4v) is 1.59. The Bertz CT molecular complexity index is 365. The molecule has 0 spiro atoms. The van der Waals surface area contributed by atoms with E-state index >= 15 is 0 Å². The van der Waals surface area contributed by atoms with Gasteiger partial charge in [0.2, 0.25) is 5.91 Å². The number of carbonyl (C=O) groups is 1. The van der Waals surface area contributed by atoms with E-state index in [2.05, 4.69) is 17.7 Å². The van der Waals surface area contributed by atoms with E-state index in [4.69, 9.17) is 0 Å². The normalized spacial score (nSPS) is 14.2. The van der Waals surface area contributed by atoms with Gasteiger partial charge >= 0.3 is 0 Å². The van der Waals surface area contributed by atoms with Gasteiger partial charge in [-0.25, -0.2) is 0 Å². The van der Waals surface area contributed by atoms with Crippen LogP contribution in [-0.2, 0) is 4.79 Å². The van der Waals surface area contributed by atoms with Gasteiger partial charge in [-0.3, -0.25) is 9.47 Å². The van der Waals surface area contributed by atoms with Crippen LogP contribution < -0.4 is 10.7 Å². The molecule has 0 aliphatic carbocycles. The van der Waals surface area contributed by atoms with Gasteiger partial charge in [-0.2, -0.15) is 0 Å². The van der Waals surface area contributed by atoms with Gasteiger partial charge in [0.15, 0.2) is 0 Å². The summed E-state index contributed by atoms with van der Waals surface area (Å²) in [5.74, 6) is 0.0341. The summed E-state index contributed by atoms with van der Waals surface area (Å²) < 4.78 is 1.95. The Morgan fingerprint density at radius 1 is 1.29 bits per heavy atom. The number of aryl methyl sites for hydroxylation is 2. The molecule has 1 rings (SSSR count). The van der Waals surface area contributed by atoms with Crippen molar-refractivity contribution in [2.24, 2.45) is 0 Å². The molecule has 96 valence electrons. The summed E-state index contributed by atoms with van der Waals surface area (Å²) in [6, 6.07) is 4.04. The molecule has 1 aromatic rings. The van der Waals surface area contributed by atoms with Gasteiger partial charge in [-0.15, -0.1) is 0 Å². The number of aromatic nitrogens is 1. The van der Waals surface area contributed by atoms with Gasteiger partial charge in [-0.05, 0) is 46.2 Å². The molecular formula is C13H23N3O. The number of carbonyl (C=O) groups excluding carboxylic acids is 1. The molecule has 0 saturated carbocycles. The summed E-state index contributed by atoms with van der Waals surface area (Å²) in [6.45, 7) is 9.97. The van der Waals surface area contributed by atoms with E-state index in [1.807, 2.05) is 44.5 Å². The highest BCUT2D eigenvalue weighted by atomic mass is 16.2. The minimum absolute atomic E-state index is 0.0341. The van der Waals surface area contributed by atoms with E-state index in [0.717, 1.165) is 17.8 Å². The predicted octanol–water partition coefficient (Wildman–Crippen LogP) is 1.95. The molecule has 4 nitrogen and oxygen atoms in total. The molecule has 1 heterocycles. The minimum atomic E-state index is -0.242. The predicted molar refractivity (Wildman–Crippen MR) is 70.6 cm³/mol. The van der Waals surface area contributed by atoms with Crippen LogP contribution in [0.4, 0.5) is 0 Å². The van der Waals surface area contributed by atoms with E-state index in [-0.39, 0.29) is 18.0 Å². The lowest BCUT2D eigenvalue weighted by Crippen LogP contribution is -2.44. The van der Waals surface area contributed by atoms with Crippen LogP contribution >= 0.6 is 0 Å². The fourth-order valence-electron chi connectivity index (χ4n) is 1.59. The summed E-state index contributed by atoms with van der Waals surface area (Å²) in [4.78, 5) is 11.9. The lowest BCUT2D eigenvalue weighted by atomic mass is 10.2. The SMILES string of the molecule is CCC(C)NC(=O)C(C)Nn1c(C)ccc1C. The molecule has 1 aromatic heterocycles. The van der Waals surface area contributed by atoms with Crippen LogP contribution in [-0.4, -0.2) is 22.7 Å². The van der Waals surface area contributed by atoms with Crippen LogP contribution in [0.2, 0.25) is 0 Å². The number of hydrogen-bond donors (Lipinski definition) is 2. The van der Waals surface area contributed by atoms with E-state index in [0.29, 0.717) is 0 Å². The first-order chi connectivity index (χ1) is 7.95. The van der Waals surface area contributed by atoms with Gasteiger partial charge in [0, 0.05) is 17.4 Å². The molecule has 0 aliphatic rings. The zero-order valence-corrected chi connectivity index (χ0v) is 11.4. The quantitative estimate of drug-likeness (QED) is 0.822. The van der Waals surface area contributed by atoms with Crippen molar-refractivity contribution in [3.05, 3.63) is 23.5 Å². The largest absolute Gasteiger partial charge is 0.352 e. The van der Waals surface area contributed by atoms with Gasteiger partial charge in [0.05, 0.1) is 0 Å². The second kappa shape index (κ2) is 5.75. The van der Waals surface area contributed by atoms with Crippen molar-refractivity contribution in [3.8, 4) is 0 Å². The summed E-state index contributed by atoms with van der Waals surface area (Å²) in [5.41, 5.74) is 5.40. The summed E-state index contributed by atoms with van der Waals surface area (Å²) >= 11 is 0. The molecular weight excluding hydrogens is 214 g/mol. The molecule has 0 bridgehead atoms. The highest BCUT2D eigenvalue weighted by Gasteiger charge is 2.15. The Hall–Kier alpha value is -1.45. The fraction of sp³-hybridized carbons (Fsp3) is 0.615. The second-order valence-corrected chi connectivity index (χ2v) is 4.62. The van der Waals surface area contributed by atoms with Crippen molar-refractivity contribution < 1.29 is 4.79 Å². The first-order valence-electron chi connectivity index (χ1n) is 6.17. The second-order valence-electron chi connectivity index (χ2n) is 4.62. The van der Waals surface area contributed by atoms with Crippen LogP contribution in [0.25, 0.3) is 0 Å². The molecule has 0 aromatic carbocycles. The topological polar surface area (TPSA) is 46.1 Å². The lowest BCUT2D eigenvalue weighted by molar-refractivity contribution is -0.122. The van der Waals surface area contributed by atoms with Crippen LogP contribution in [0.1, 0.15) is 38.6 Å². The van der Waals surface area contributed by atoms with Crippen molar-refractivity contribution in [2.45, 2.75) is 53.1 Å². The van der Waals surface area contributed by atoms with Gasteiger partial charge in [-0.1, -0.05) is 6.92 Å². The molecule has 2 N–H and O–H groups in total. The summed E-state index contributed by atoms with van der Waals surface area (Å²) in [6.07, 6.45) is 0.944. The third kappa shape index (κ3) is 3.51. The highest BCUT2D eigenvalue weighted by molar-refractivity contribution is 5.82. The number of amides is 1. The average molecular weight is 237 g/mol. The third-order valence-electron chi connectivity index (χ3n) is 2.99. The van der Waals surface area contributed by atoms with Crippen molar-refractivity contribution in [1.29, 1.82) is 0 Å². The molecule has 1 amide bonds. The van der Waals surface area contributed by atoms with Gasteiger partial charge in [0.25, 0.3) is 0 Å². The van der Waals surface area contributed by atoms with E-state index < -0.39 is 0 Å². The van der Waals surface area contributed by atoms with Crippen molar-refractivity contribution in [3.63, 3.8) is 0 Å². The first-order valence-corrected chi connectivity index (χ1v) is 6.17. The zero-order chi connectivity index (χ0) is 13.0. The van der Waals surface area contributed by atoms with Gasteiger partial charge < -0.3 is 10.7 Å². The van der Waals surface area contributed by atoms with Crippen LogP contribution in [0.15, 0.2) is 12.1 Å². The molecule has 17 heavy (non-hydrogen) atoms. The highest BCUT2D eigenvalue weighted by Crippen LogP contribution is 2.05. The Balaban J connectivity index is 2.60. The maximum Gasteiger partial charge on any atom is 0.244 e. The Labute approximate surface area is 103 Å². The Kier molecular flexibility index (Phi) is 4.61. The van der Waals surface area contributed by atoms with E-state index in [1.54, 1.807) is 0 Å². The molecule has 4 heteroatoms. The monoisotopic (exact) mass is 237 g/mol. The van der Waals surface area contributed by atoms with Crippen molar-refractivity contribution in [2.75, 3.05) is 5.43 Å². The summed E-state index contributed by atoms with van der Waals surface area (Å²) in [7, 11) is 0. The van der Waals surface area contributed by atoms with E-state index in [9.17, 15) is 4.79 Å². The van der Waals surface area contributed by atoms with E-state index in [1.165, 1.54) is 0 Å². The molecule has 2 atom stereocenters. The first kappa shape index (κ1) is 13.6. The van der Waals surface area contributed by atoms with Crippen molar-refractivity contribution in [1.82, 2.24) is 9.99 Å². The number of nitrogens with one attached hydrogen (secondary N) is 2. The van der Waals surface area contributed by atoms with Gasteiger partial charge in [0.1, 0.15) is 6.04 Å². The average Bonchev–Trinajstić information content (AvgIpc) is 2.60. The maximum atomic E-state index is 11.9. The molecule has 0 saturated heterocycles. The van der Waals surface area contributed by atoms with Crippen LogP contribution in [0.3, 0.4) is 0 Å². The minimum Gasteiger partial charge on any atom is -0.352 e. The smallest absolute Gasteiger partial charge is 0.244 e. The standard InChI is InChI=1S/C13H23N3O/c1-6-9(2)14-13(17)12(5)15-16-10(3)7-8-11(16)4/h7-9,12,15H,6H2,1-5H3,(H,14,17). The maximum absolute atomic E-state index is 11.9. The molecule has 0 radical (unpaired) electrons. The van der Waals surface area contributed by atoms with Crippen molar-refractivity contribution >= 4 is 5.91 Å². The lowest BCUT2D eigenvalue weighted by Gasteiger charge is -2.21. The number of nitrogens with zero attached hydrogens (tertiary/aromatic N) is 1. The molecule has 0 aliphatic heterocycles. The zero-order valence-electron chi connectivity index (χ0n) is 11.4. The number of hydrogen-bond acceptors (Lipinski definition) is 2.